The van der Waals surface area contributed by atoms with Crippen molar-refractivity contribution >= 4 is 22.5 Å². The molecule has 3 rings (SSSR count). The molecule has 128 valence electrons. The first kappa shape index (κ1) is 16.9. The molecule has 0 radical (unpaired) electrons. The predicted octanol–water partition coefficient (Wildman–Crippen LogP) is 4.43. The van der Waals surface area contributed by atoms with E-state index in [4.69, 9.17) is 0 Å². The fourth-order valence-electron chi connectivity index (χ4n) is 2.48. The predicted molar refractivity (Wildman–Crippen MR) is 85.4 cm³/mol. The molecule has 0 atom stereocenters. The SMILES string of the molecule is O=C(CCC(=O)c1ccc2[nH]ncc2c1)c1ccc(C(F)(F)F)cc1. The van der Waals surface area contributed by atoms with Crippen molar-refractivity contribution in [2.75, 3.05) is 0 Å². The van der Waals surface area contributed by atoms with Crippen LogP contribution in [0.2, 0.25) is 0 Å². The third kappa shape index (κ3) is 3.76. The van der Waals surface area contributed by atoms with Crippen molar-refractivity contribution < 1.29 is 22.8 Å². The number of hydrogen-bond acceptors (Lipinski definition) is 3. The van der Waals surface area contributed by atoms with Gasteiger partial charge in [-0.05, 0) is 30.3 Å². The maximum atomic E-state index is 12.5. The number of rotatable bonds is 5. The van der Waals surface area contributed by atoms with Gasteiger partial charge in [0, 0.05) is 29.4 Å². The second-order valence-electron chi connectivity index (χ2n) is 5.59. The molecule has 0 fully saturated rings. The van der Waals surface area contributed by atoms with E-state index in [1.165, 1.54) is 0 Å². The number of aromatic amines is 1. The van der Waals surface area contributed by atoms with Crippen molar-refractivity contribution in [3.05, 3.63) is 65.4 Å². The van der Waals surface area contributed by atoms with Crippen LogP contribution in [0.4, 0.5) is 13.2 Å². The van der Waals surface area contributed by atoms with E-state index < -0.39 is 11.7 Å². The first-order valence-corrected chi connectivity index (χ1v) is 7.51. The Labute approximate surface area is 140 Å². The number of ketones is 2. The Morgan fingerprint density at radius 1 is 0.920 bits per heavy atom. The van der Waals surface area contributed by atoms with E-state index in [9.17, 15) is 22.8 Å². The molecule has 1 heterocycles. The number of nitrogens with zero attached hydrogens (tertiary/aromatic N) is 1. The van der Waals surface area contributed by atoms with Gasteiger partial charge in [-0.15, -0.1) is 0 Å². The summed E-state index contributed by atoms with van der Waals surface area (Å²) in [6.45, 7) is 0. The van der Waals surface area contributed by atoms with Crippen molar-refractivity contribution in [3.8, 4) is 0 Å². The summed E-state index contributed by atoms with van der Waals surface area (Å²) in [4.78, 5) is 24.3. The zero-order valence-corrected chi connectivity index (χ0v) is 12.9. The molecule has 0 aliphatic rings. The van der Waals surface area contributed by atoms with Crippen molar-refractivity contribution in [2.24, 2.45) is 0 Å². The maximum Gasteiger partial charge on any atom is 0.416 e. The molecule has 0 saturated carbocycles. The Bertz CT molecular complexity index is 927. The molecule has 2 aromatic carbocycles. The highest BCUT2D eigenvalue weighted by Crippen LogP contribution is 2.29. The number of carbonyl (C=O) groups excluding carboxylic acids is 2. The molecule has 1 N–H and O–H groups in total. The lowest BCUT2D eigenvalue weighted by Crippen LogP contribution is -2.07. The molecule has 0 aliphatic heterocycles. The summed E-state index contributed by atoms with van der Waals surface area (Å²) in [5.41, 5.74) is 0.617. The molecule has 4 nitrogen and oxygen atoms in total. The Morgan fingerprint density at radius 2 is 1.52 bits per heavy atom. The van der Waals surface area contributed by atoms with Crippen LogP contribution in [0.25, 0.3) is 10.9 Å². The molecule has 3 aromatic rings. The third-order valence-corrected chi connectivity index (χ3v) is 3.88. The maximum absolute atomic E-state index is 12.5. The van der Waals surface area contributed by atoms with Gasteiger partial charge >= 0.3 is 6.18 Å². The summed E-state index contributed by atoms with van der Waals surface area (Å²) < 4.78 is 37.5. The summed E-state index contributed by atoms with van der Waals surface area (Å²) in [6, 6.07) is 9.05. The number of nitrogens with one attached hydrogen (secondary N) is 1. The minimum absolute atomic E-state index is 0.0107. The molecular formula is C18H13F3N2O2. The van der Waals surface area contributed by atoms with Gasteiger partial charge in [0.15, 0.2) is 11.6 Å². The van der Waals surface area contributed by atoms with Crippen molar-refractivity contribution in [3.63, 3.8) is 0 Å². The largest absolute Gasteiger partial charge is 0.416 e. The van der Waals surface area contributed by atoms with Gasteiger partial charge in [0.05, 0.1) is 17.3 Å². The molecule has 0 spiro atoms. The number of benzene rings is 2. The molecule has 1 aromatic heterocycles. The zero-order valence-electron chi connectivity index (χ0n) is 12.9. The van der Waals surface area contributed by atoms with E-state index >= 15 is 0 Å². The summed E-state index contributed by atoms with van der Waals surface area (Å²) in [6.07, 6.45) is -2.92. The summed E-state index contributed by atoms with van der Waals surface area (Å²) in [5, 5.41) is 7.44. The average Bonchev–Trinajstić information content (AvgIpc) is 3.06. The average molecular weight is 346 g/mol. The first-order valence-electron chi connectivity index (χ1n) is 7.51. The van der Waals surface area contributed by atoms with Crippen LogP contribution in [-0.4, -0.2) is 21.8 Å². The van der Waals surface area contributed by atoms with Crippen molar-refractivity contribution in [1.82, 2.24) is 10.2 Å². The van der Waals surface area contributed by atoms with Gasteiger partial charge in [-0.2, -0.15) is 18.3 Å². The monoisotopic (exact) mass is 346 g/mol. The van der Waals surface area contributed by atoms with E-state index in [1.54, 1.807) is 24.4 Å². The minimum atomic E-state index is -4.44. The van der Waals surface area contributed by atoms with Crippen molar-refractivity contribution in [2.45, 2.75) is 19.0 Å². The van der Waals surface area contributed by atoms with Crippen LogP contribution in [0.3, 0.4) is 0 Å². The lowest BCUT2D eigenvalue weighted by molar-refractivity contribution is -0.137. The fourth-order valence-corrected chi connectivity index (χ4v) is 2.48. The molecule has 0 unspecified atom stereocenters. The summed E-state index contributed by atoms with van der Waals surface area (Å²) in [5.74, 6) is -0.574. The zero-order chi connectivity index (χ0) is 18.0. The fraction of sp³-hybridized carbons (Fsp3) is 0.167. The molecule has 0 aliphatic carbocycles. The second-order valence-corrected chi connectivity index (χ2v) is 5.59. The van der Waals surface area contributed by atoms with Gasteiger partial charge in [0.1, 0.15) is 0 Å². The van der Waals surface area contributed by atoms with Crippen LogP contribution in [0.15, 0.2) is 48.7 Å². The van der Waals surface area contributed by atoms with Crippen molar-refractivity contribution in [1.29, 1.82) is 0 Å². The van der Waals surface area contributed by atoms with Crippen LogP contribution in [0.1, 0.15) is 39.1 Å². The molecule has 7 heteroatoms. The molecular weight excluding hydrogens is 333 g/mol. The number of H-pyrrole nitrogens is 1. The lowest BCUT2D eigenvalue weighted by atomic mass is 10.00. The number of halogens is 3. The van der Waals surface area contributed by atoms with Crippen LogP contribution in [-0.2, 0) is 6.18 Å². The van der Waals surface area contributed by atoms with Crippen LogP contribution in [0, 0.1) is 0 Å². The summed E-state index contributed by atoms with van der Waals surface area (Å²) in [7, 11) is 0. The van der Waals surface area contributed by atoms with E-state index in [-0.39, 0.29) is 30.0 Å². The van der Waals surface area contributed by atoms with Crippen LogP contribution >= 0.6 is 0 Å². The highest BCUT2D eigenvalue weighted by Gasteiger charge is 2.30. The highest BCUT2D eigenvalue weighted by atomic mass is 19.4. The van der Waals surface area contributed by atoms with Crippen LogP contribution in [0.5, 0.6) is 0 Å². The number of Topliss-reactive ketones (excluding diaryl/α,β-unsaturated/α-hetero) is 2. The topological polar surface area (TPSA) is 62.8 Å². The van der Waals surface area contributed by atoms with Gasteiger partial charge in [0.2, 0.25) is 0 Å². The van der Waals surface area contributed by atoms with E-state index in [0.29, 0.717) is 5.56 Å². The van der Waals surface area contributed by atoms with E-state index in [1.807, 2.05) is 0 Å². The number of carbonyl (C=O) groups is 2. The first-order chi connectivity index (χ1) is 11.8. The van der Waals surface area contributed by atoms with Gasteiger partial charge in [-0.1, -0.05) is 12.1 Å². The number of aromatic nitrogens is 2. The Morgan fingerprint density at radius 3 is 2.16 bits per heavy atom. The Balaban J connectivity index is 1.64. The van der Waals surface area contributed by atoms with Crippen LogP contribution < -0.4 is 0 Å². The highest BCUT2D eigenvalue weighted by molar-refractivity contribution is 6.03. The molecule has 0 amide bonds. The molecule has 0 bridgehead atoms. The standard InChI is InChI=1S/C18H13F3N2O2/c19-18(20,21)14-4-1-11(2-5-14)16(24)7-8-17(25)12-3-6-15-13(9-12)10-22-23-15/h1-6,9-10H,7-8H2,(H,22,23). The Hall–Kier alpha value is -2.96. The number of fused-ring (bicyclic) bond motifs is 1. The van der Waals surface area contributed by atoms with E-state index in [0.717, 1.165) is 35.2 Å². The molecule has 0 saturated heterocycles. The third-order valence-electron chi connectivity index (χ3n) is 3.88. The van der Waals surface area contributed by atoms with Gasteiger partial charge in [-0.3, -0.25) is 14.7 Å². The smallest absolute Gasteiger partial charge is 0.294 e. The number of alkyl halides is 3. The number of hydrogen-bond donors (Lipinski definition) is 1. The van der Waals surface area contributed by atoms with E-state index in [2.05, 4.69) is 10.2 Å². The van der Waals surface area contributed by atoms with Gasteiger partial charge in [0.25, 0.3) is 0 Å². The summed E-state index contributed by atoms with van der Waals surface area (Å²) >= 11 is 0. The normalized spacial score (nSPS) is 11.6. The minimum Gasteiger partial charge on any atom is -0.294 e. The Kier molecular flexibility index (Phi) is 4.39. The molecule has 25 heavy (non-hydrogen) atoms. The van der Waals surface area contributed by atoms with Gasteiger partial charge < -0.3 is 0 Å². The lowest BCUT2D eigenvalue weighted by Gasteiger charge is -2.07. The van der Waals surface area contributed by atoms with Gasteiger partial charge in [-0.25, -0.2) is 0 Å². The second kappa shape index (κ2) is 6.51. The quantitative estimate of drug-likeness (QED) is 0.695.